The number of ether oxygens (including phenoxy) is 1. The Bertz CT molecular complexity index is 1440. The Balaban J connectivity index is 1.83. The SMILES string of the molecule is COc1ccc(-c2nc(C(=O)N(CCO)[C@@H](C)c3ccccc3)c(C(C)N)o2)c2ccc(C(F)(F)F)nc12. The van der Waals surface area contributed by atoms with E-state index in [9.17, 15) is 23.1 Å². The first-order valence-electron chi connectivity index (χ1n) is 11.8. The first-order chi connectivity index (χ1) is 18.1. The van der Waals surface area contributed by atoms with Gasteiger partial charge in [-0.2, -0.15) is 13.2 Å². The van der Waals surface area contributed by atoms with Crippen LogP contribution in [0.15, 0.2) is 59.0 Å². The summed E-state index contributed by atoms with van der Waals surface area (Å²) < 4.78 is 51.2. The molecule has 0 fully saturated rings. The minimum atomic E-state index is -4.65. The zero-order valence-electron chi connectivity index (χ0n) is 21.0. The lowest BCUT2D eigenvalue weighted by molar-refractivity contribution is -0.140. The fraction of sp³-hybridized carbons (Fsp3) is 0.296. The van der Waals surface area contributed by atoms with Crippen LogP contribution < -0.4 is 10.5 Å². The van der Waals surface area contributed by atoms with E-state index in [-0.39, 0.29) is 41.8 Å². The van der Waals surface area contributed by atoms with Crippen molar-refractivity contribution < 1.29 is 32.2 Å². The fourth-order valence-corrected chi connectivity index (χ4v) is 4.24. The van der Waals surface area contributed by atoms with Crippen LogP contribution >= 0.6 is 0 Å². The fourth-order valence-electron chi connectivity index (χ4n) is 4.24. The number of hydrogen-bond acceptors (Lipinski definition) is 7. The first kappa shape index (κ1) is 27.1. The standard InChI is InChI=1S/C27H27F3N4O4/c1-15(31)24-23(26(36)34(13-14-35)16(2)17-7-5-4-6-8-17)33-25(38-24)19-9-11-20(37-3)22-18(19)10-12-21(32-22)27(28,29)30/h4-12,15-16,35H,13-14,31H2,1-3H3/t15?,16-/m0/s1. The highest BCUT2D eigenvalue weighted by Gasteiger charge is 2.34. The second-order valence-corrected chi connectivity index (χ2v) is 8.74. The molecule has 0 saturated carbocycles. The number of amides is 1. The number of oxazole rings is 1. The summed E-state index contributed by atoms with van der Waals surface area (Å²) in [6, 6.07) is 13.3. The van der Waals surface area contributed by atoms with Crippen molar-refractivity contribution in [2.75, 3.05) is 20.3 Å². The van der Waals surface area contributed by atoms with Gasteiger partial charge in [0.25, 0.3) is 5.91 Å². The van der Waals surface area contributed by atoms with Gasteiger partial charge in [-0.3, -0.25) is 4.79 Å². The second kappa shape index (κ2) is 10.8. The minimum absolute atomic E-state index is 0.00817. The normalized spacial score (nSPS) is 13.4. The van der Waals surface area contributed by atoms with E-state index < -0.39 is 29.9 Å². The van der Waals surface area contributed by atoms with E-state index >= 15 is 0 Å². The lowest BCUT2D eigenvalue weighted by atomic mass is 10.1. The number of nitrogens with zero attached hydrogens (tertiary/aromatic N) is 3. The summed E-state index contributed by atoms with van der Waals surface area (Å²) >= 11 is 0. The third kappa shape index (κ3) is 5.20. The average Bonchev–Trinajstić information content (AvgIpc) is 3.36. The summed E-state index contributed by atoms with van der Waals surface area (Å²) in [5.74, 6) is -0.271. The first-order valence-corrected chi connectivity index (χ1v) is 11.8. The molecule has 4 rings (SSSR count). The lowest BCUT2D eigenvalue weighted by Crippen LogP contribution is -2.37. The Morgan fingerprint density at radius 1 is 1.11 bits per heavy atom. The van der Waals surface area contributed by atoms with Crippen LogP contribution in [0.5, 0.6) is 5.75 Å². The van der Waals surface area contributed by atoms with Crippen molar-refractivity contribution >= 4 is 16.8 Å². The third-order valence-electron chi connectivity index (χ3n) is 6.18. The number of hydrogen-bond donors (Lipinski definition) is 2. The number of pyridine rings is 1. The molecule has 0 radical (unpaired) electrons. The molecule has 0 bridgehead atoms. The lowest BCUT2D eigenvalue weighted by Gasteiger charge is -2.28. The second-order valence-electron chi connectivity index (χ2n) is 8.74. The molecular formula is C27H27F3N4O4. The third-order valence-corrected chi connectivity index (χ3v) is 6.18. The van der Waals surface area contributed by atoms with Crippen molar-refractivity contribution in [2.45, 2.75) is 32.1 Å². The molecule has 38 heavy (non-hydrogen) atoms. The average molecular weight is 529 g/mol. The number of rotatable bonds is 8. The molecule has 0 aliphatic carbocycles. The molecule has 2 aromatic carbocycles. The van der Waals surface area contributed by atoms with Gasteiger partial charge in [0.2, 0.25) is 5.89 Å². The van der Waals surface area contributed by atoms with E-state index in [0.717, 1.165) is 11.6 Å². The summed E-state index contributed by atoms with van der Waals surface area (Å²) in [5, 5.41) is 9.97. The number of carbonyl (C=O) groups excluding carboxylic acids is 1. The highest BCUT2D eigenvalue weighted by atomic mass is 19.4. The number of halogens is 3. The molecule has 0 aliphatic rings. The van der Waals surface area contributed by atoms with Gasteiger partial charge in [0.05, 0.1) is 25.8 Å². The summed E-state index contributed by atoms with van der Waals surface area (Å²) in [5.41, 5.74) is 6.13. The van der Waals surface area contributed by atoms with Crippen LogP contribution in [0.4, 0.5) is 13.2 Å². The highest BCUT2D eigenvalue weighted by molar-refractivity contribution is 5.98. The molecule has 4 aromatic rings. The Hall–Kier alpha value is -3.96. The molecule has 1 unspecified atom stereocenters. The zero-order chi connectivity index (χ0) is 27.6. The number of nitrogens with two attached hydrogens (primary N) is 1. The maximum atomic E-state index is 13.7. The molecule has 200 valence electrons. The van der Waals surface area contributed by atoms with Crippen LogP contribution in [0, 0.1) is 0 Å². The number of aliphatic hydroxyl groups is 1. The maximum Gasteiger partial charge on any atom is 0.433 e. The number of alkyl halides is 3. The molecule has 0 spiro atoms. The Morgan fingerprint density at radius 3 is 2.42 bits per heavy atom. The number of carbonyl (C=O) groups is 1. The molecule has 8 nitrogen and oxygen atoms in total. The largest absolute Gasteiger partial charge is 0.494 e. The van der Waals surface area contributed by atoms with E-state index in [1.54, 1.807) is 13.0 Å². The van der Waals surface area contributed by atoms with Gasteiger partial charge >= 0.3 is 6.18 Å². The van der Waals surface area contributed by atoms with Gasteiger partial charge in [-0.25, -0.2) is 9.97 Å². The molecule has 0 aliphatic heterocycles. The Kier molecular flexibility index (Phi) is 7.70. The Labute approximate surface area is 216 Å². The number of aliphatic hydroxyl groups excluding tert-OH is 1. The maximum absolute atomic E-state index is 13.7. The topological polar surface area (TPSA) is 115 Å². The van der Waals surface area contributed by atoms with Crippen molar-refractivity contribution in [3.05, 3.63) is 77.3 Å². The monoisotopic (exact) mass is 528 g/mol. The number of fused-ring (bicyclic) bond motifs is 1. The predicted octanol–water partition coefficient (Wildman–Crippen LogP) is 5.13. The van der Waals surface area contributed by atoms with Crippen LogP contribution in [0.1, 0.15) is 53.4 Å². The molecule has 2 heterocycles. The van der Waals surface area contributed by atoms with Gasteiger partial charge in [-0.1, -0.05) is 30.3 Å². The molecule has 1 amide bonds. The van der Waals surface area contributed by atoms with Gasteiger partial charge in [-0.05, 0) is 43.7 Å². The van der Waals surface area contributed by atoms with Gasteiger partial charge in [-0.15, -0.1) is 0 Å². The molecule has 2 aromatic heterocycles. The van der Waals surface area contributed by atoms with E-state index in [2.05, 4.69) is 9.97 Å². The van der Waals surface area contributed by atoms with Gasteiger partial charge in [0, 0.05) is 17.5 Å². The molecule has 11 heteroatoms. The van der Waals surface area contributed by atoms with Crippen LogP contribution in [0.3, 0.4) is 0 Å². The smallest absolute Gasteiger partial charge is 0.433 e. The molecule has 2 atom stereocenters. The molecular weight excluding hydrogens is 501 g/mol. The summed E-state index contributed by atoms with van der Waals surface area (Å²) in [6.45, 7) is 3.21. The number of aromatic nitrogens is 2. The highest BCUT2D eigenvalue weighted by Crippen LogP contribution is 2.38. The van der Waals surface area contributed by atoms with Crippen molar-refractivity contribution in [3.63, 3.8) is 0 Å². The van der Waals surface area contributed by atoms with Crippen LogP contribution in [-0.2, 0) is 6.18 Å². The van der Waals surface area contributed by atoms with Crippen molar-refractivity contribution in [1.82, 2.24) is 14.9 Å². The van der Waals surface area contributed by atoms with Crippen molar-refractivity contribution in [1.29, 1.82) is 0 Å². The van der Waals surface area contributed by atoms with Gasteiger partial charge in [0.1, 0.15) is 17.0 Å². The van der Waals surface area contributed by atoms with E-state index in [4.69, 9.17) is 14.9 Å². The van der Waals surface area contributed by atoms with Crippen molar-refractivity contribution in [2.24, 2.45) is 5.73 Å². The molecule has 3 N–H and O–H groups in total. The number of benzene rings is 2. The van der Waals surface area contributed by atoms with Crippen molar-refractivity contribution in [3.8, 4) is 17.2 Å². The van der Waals surface area contributed by atoms with Gasteiger partial charge in [0.15, 0.2) is 11.5 Å². The summed E-state index contributed by atoms with van der Waals surface area (Å²) in [7, 11) is 1.33. The van der Waals surface area contributed by atoms with E-state index in [1.807, 2.05) is 37.3 Å². The van der Waals surface area contributed by atoms with Crippen LogP contribution in [-0.4, -0.2) is 46.1 Å². The Morgan fingerprint density at radius 2 is 1.82 bits per heavy atom. The summed E-state index contributed by atoms with van der Waals surface area (Å²) in [4.78, 5) is 23.4. The van der Waals surface area contributed by atoms with Crippen LogP contribution in [0.2, 0.25) is 0 Å². The zero-order valence-corrected chi connectivity index (χ0v) is 21.0. The van der Waals surface area contributed by atoms with E-state index in [0.29, 0.717) is 10.9 Å². The minimum Gasteiger partial charge on any atom is -0.494 e. The van der Waals surface area contributed by atoms with E-state index in [1.165, 1.54) is 24.1 Å². The number of methoxy groups -OCH3 is 1. The predicted molar refractivity (Wildman–Crippen MR) is 134 cm³/mol. The van der Waals surface area contributed by atoms with Gasteiger partial charge < -0.3 is 24.9 Å². The van der Waals surface area contributed by atoms with Crippen LogP contribution in [0.25, 0.3) is 22.4 Å². The summed E-state index contributed by atoms with van der Waals surface area (Å²) in [6.07, 6.45) is -4.65. The molecule has 0 saturated heterocycles. The quantitative estimate of drug-likeness (QED) is 0.326.